The standard InChI is InChI=1S/C12H10ClNO3/c13-11(15)5-8-9(6-14)7-3-1-2-4-10(7)17-12(8)16/h1-4H,5-6,14H2. The molecule has 0 aliphatic heterocycles. The van der Waals surface area contributed by atoms with Crippen molar-refractivity contribution in [1.29, 1.82) is 0 Å². The number of fused-ring (bicyclic) bond motifs is 1. The summed E-state index contributed by atoms with van der Waals surface area (Å²) in [5.74, 6) is 0. The van der Waals surface area contributed by atoms with Crippen LogP contribution in [0.2, 0.25) is 0 Å². The summed E-state index contributed by atoms with van der Waals surface area (Å²) in [5, 5.41) is 0.129. The molecule has 0 unspecified atom stereocenters. The lowest BCUT2D eigenvalue weighted by molar-refractivity contribution is -0.111. The Morgan fingerprint density at radius 2 is 2.00 bits per heavy atom. The van der Waals surface area contributed by atoms with E-state index >= 15 is 0 Å². The second-order valence-electron chi connectivity index (χ2n) is 3.58. The molecule has 0 spiro atoms. The van der Waals surface area contributed by atoms with E-state index < -0.39 is 10.9 Å². The van der Waals surface area contributed by atoms with Crippen molar-refractivity contribution in [2.45, 2.75) is 13.0 Å². The predicted octanol–water partition coefficient (Wildman–Crippen LogP) is 1.56. The molecular weight excluding hydrogens is 242 g/mol. The van der Waals surface area contributed by atoms with E-state index in [1.165, 1.54) is 0 Å². The molecule has 2 rings (SSSR count). The van der Waals surface area contributed by atoms with Crippen molar-refractivity contribution in [3.05, 3.63) is 45.8 Å². The van der Waals surface area contributed by atoms with Gasteiger partial charge in [-0.25, -0.2) is 4.79 Å². The molecule has 1 aromatic carbocycles. The monoisotopic (exact) mass is 251 g/mol. The average Bonchev–Trinajstić information content (AvgIpc) is 2.29. The molecule has 2 aromatic rings. The van der Waals surface area contributed by atoms with Gasteiger partial charge >= 0.3 is 5.63 Å². The summed E-state index contributed by atoms with van der Waals surface area (Å²) >= 11 is 5.30. The first kappa shape index (κ1) is 11.8. The van der Waals surface area contributed by atoms with Gasteiger partial charge in [-0.15, -0.1) is 0 Å². The molecule has 0 aliphatic carbocycles. The van der Waals surface area contributed by atoms with E-state index in [-0.39, 0.29) is 18.5 Å². The Bertz CT molecular complexity index is 633. The second-order valence-corrected chi connectivity index (χ2v) is 4.00. The fourth-order valence-corrected chi connectivity index (χ4v) is 1.94. The zero-order chi connectivity index (χ0) is 12.4. The Morgan fingerprint density at radius 3 is 2.65 bits per heavy atom. The van der Waals surface area contributed by atoms with Crippen LogP contribution in [0, 0.1) is 0 Å². The Balaban J connectivity index is 2.78. The van der Waals surface area contributed by atoms with Crippen LogP contribution in [0.1, 0.15) is 11.1 Å². The number of benzene rings is 1. The summed E-state index contributed by atoms with van der Waals surface area (Å²) < 4.78 is 5.11. The van der Waals surface area contributed by atoms with Crippen molar-refractivity contribution in [3.63, 3.8) is 0 Å². The molecule has 1 heterocycles. The van der Waals surface area contributed by atoms with E-state index in [1.807, 2.05) is 6.07 Å². The summed E-state index contributed by atoms with van der Waals surface area (Å²) in [6.45, 7) is 0.158. The van der Waals surface area contributed by atoms with Crippen LogP contribution in [-0.2, 0) is 17.8 Å². The third-order valence-electron chi connectivity index (χ3n) is 2.55. The van der Waals surface area contributed by atoms with Crippen LogP contribution >= 0.6 is 11.6 Å². The van der Waals surface area contributed by atoms with Crippen molar-refractivity contribution in [2.24, 2.45) is 5.73 Å². The third kappa shape index (κ3) is 2.23. The van der Waals surface area contributed by atoms with Crippen molar-refractivity contribution < 1.29 is 9.21 Å². The van der Waals surface area contributed by atoms with Gasteiger partial charge in [-0.3, -0.25) is 4.79 Å². The number of rotatable bonds is 3. The molecule has 0 bridgehead atoms. The van der Waals surface area contributed by atoms with Crippen LogP contribution in [0.15, 0.2) is 33.5 Å². The summed E-state index contributed by atoms with van der Waals surface area (Å²) in [7, 11) is 0. The third-order valence-corrected chi connectivity index (χ3v) is 2.68. The normalized spacial score (nSPS) is 10.7. The first-order chi connectivity index (χ1) is 8.13. The highest BCUT2D eigenvalue weighted by Crippen LogP contribution is 2.20. The number of halogens is 1. The number of carbonyl (C=O) groups excluding carboxylic acids is 1. The van der Waals surface area contributed by atoms with E-state index in [1.54, 1.807) is 18.2 Å². The maximum atomic E-state index is 11.7. The van der Waals surface area contributed by atoms with Gasteiger partial charge in [0.2, 0.25) is 5.24 Å². The summed E-state index contributed by atoms with van der Waals surface area (Å²) in [6.07, 6.45) is -0.165. The van der Waals surface area contributed by atoms with Crippen LogP contribution in [0.3, 0.4) is 0 Å². The van der Waals surface area contributed by atoms with Gasteiger partial charge in [0.15, 0.2) is 0 Å². The second kappa shape index (κ2) is 4.69. The minimum Gasteiger partial charge on any atom is -0.422 e. The highest BCUT2D eigenvalue weighted by Gasteiger charge is 2.15. The molecule has 0 saturated heterocycles. The maximum absolute atomic E-state index is 11.7. The van der Waals surface area contributed by atoms with E-state index in [4.69, 9.17) is 21.8 Å². The van der Waals surface area contributed by atoms with Gasteiger partial charge in [0.25, 0.3) is 0 Å². The van der Waals surface area contributed by atoms with Gasteiger partial charge in [0.05, 0.1) is 12.0 Å². The van der Waals surface area contributed by atoms with Crippen molar-refractivity contribution in [1.82, 2.24) is 0 Å². The topological polar surface area (TPSA) is 73.3 Å². The molecule has 5 heteroatoms. The molecule has 0 radical (unpaired) electrons. The van der Waals surface area contributed by atoms with E-state index in [0.717, 1.165) is 5.39 Å². The molecule has 88 valence electrons. The largest absolute Gasteiger partial charge is 0.422 e. The number of hydrogen-bond acceptors (Lipinski definition) is 4. The lowest BCUT2D eigenvalue weighted by atomic mass is 10.0. The summed E-state index contributed by atoms with van der Waals surface area (Å²) in [5.41, 5.74) is 6.39. The summed E-state index contributed by atoms with van der Waals surface area (Å²) in [4.78, 5) is 22.6. The molecule has 2 N–H and O–H groups in total. The smallest absolute Gasteiger partial charge is 0.340 e. The molecule has 0 aliphatic rings. The lowest BCUT2D eigenvalue weighted by Crippen LogP contribution is -2.16. The molecule has 4 nitrogen and oxygen atoms in total. The van der Waals surface area contributed by atoms with E-state index in [0.29, 0.717) is 11.1 Å². The highest BCUT2D eigenvalue weighted by atomic mass is 35.5. The predicted molar refractivity (Wildman–Crippen MR) is 64.9 cm³/mol. The molecule has 0 amide bonds. The quantitative estimate of drug-likeness (QED) is 0.664. The van der Waals surface area contributed by atoms with Crippen LogP contribution in [0.4, 0.5) is 0 Å². The Kier molecular flexibility index (Phi) is 3.26. The molecule has 17 heavy (non-hydrogen) atoms. The Hall–Kier alpha value is -1.65. The number of carbonyl (C=O) groups is 1. The highest BCUT2D eigenvalue weighted by molar-refractivity contribution is 6.63. The number of hydrogen-bond donors (Lipinski definition) is 1. The minimum atomic E-state index is -0.609. The number of nitrogens with two attached hydrogens (primary N) is 1. The van der Waals surface area contributed by atoms with Crippen LogP contribution in [-0.4, -0.2) is 5.24 Å². The Labute approximate surface area is 102 Å². The van der Waals surface area contributed by atoms with Crippen molar-refractivity contribution in [3.8, 4) is 0 Å². The fraction of sp³-hybridized carbons (Fsp3) is 0.167. The van der Waals surface area contributed by atoms with Crippen molar-refractivity contribution in [2.75, 3.05) is 0 Å². The van der Waals surface area contributed by atoms with Gasteiger partial charge in [-0.1, -0.05) is 18.2 Å². The van der Waals surface area contributed by atoms with Gasteiger partial charge in [-0.2, -0.15) is 0 Å². The van der Waals surface area contributed by atoms with Crippen molar-refractivity contribution >= 4 is 27.8 Å². The zero-order valence-corrected chi connectivity index (χ0v) is 9.66. The minimum absolute atomic E-state index is 0.158. The van der Waals surface area contributed by atoms with Crippen LogP contribution in [0.25, 0.3) is 11.0 Å². The van der Waals surface area contributed by atoms with Gasteiger partial charge in [-0.05, 0) is 23.2 Å². The van der Waals surface area contributed by atoms with Crippen LogP contribution < -0.4 is 11.4 Å². The van der Waals surface area contributed by atoms with Gasteiger partial charge in [0, 0.05) is 11.9 Å². The van der Waals surface area contributed by atoms with Gasteiger partial charge in [0.1, 0.15) is 5.58 Å². The first-order valence-electron chi connectivity index (χ1n) is 5.05. The molecular formula is C12H10ClNO3. The van der Waals surface area contributed by atoms with Gasteiger partial charge < -0.3 is 10.2 Å². The SMILES string of the molecule is NCc1c(CC(=O)Cl)c(=O)oc2ccccc12. The van der Waals surface area contributed by atoms with Crippen LogP contribution in [0.5, 0.6) is 0 Å². The lowest BCUT2D eigenvalue weighted by Gasteiger charge is -2.07. The average molecular weight is 252 g/mol. The van der Waals surface area contributed by atoms with E-state index in [9.17, 15) is 9.59 Å². The first-order valence-corrected chi connectivity index (χ1v) is 5.43. The Morgan fingerprint density at radius 1 is 1.29 bits per heavy atom. The van der Waals surface area contributed by atoms with E-state index in [2.05, 4.69) is 0 Å². The molecule has 1 aromatic heterocycles. The molecule has 0 saturated carbocycles. The summed E-state index contributed by atoms with van der Waals surface area (Å²) in [6, 6.07) is 7.05. The molecule has 0 atom stereocenters. The molecule has 0 fully saturated rings. The number of para-hydroxylation sites is 1. The maximum Gasteiger partial charge on any atom is 0.340 e. The fourth-order valence-electron chi connectivity index (χ4n) is 1.80. The zero-order valence-electron chi connectivity index (χ0n) is 8.90.